The number of benzene rings is 1. The van der Waals surface area contributed by atoms with Crippen LogP contribution in [-0.2, 0) is 5.54 Å². The molecule has 15 heavy (non-hydrogen) atoms. The van der Waals surface area contributed by atoms with Gasteiger partial charge in [0.25, 0.3) is 0 Å². The van der Waals surface area contributed by atoms with Crippen LogP contribution in [0.5, 0.6) is 5.75 Å². The summed E-state index contributed by atoms with van der Waals surface area (Å²) >= 11 is 0. The summed E-state index contributed by atoms with van der Waals surface area (Å²) in [5.74, 6) is -0.0662. The van der Waals surface area contributed by atoms with Gasteiger partial charge in [0.15, 0.2) is 0 Å². The van der Waals surface area contributed by atoms with E-state index in [0.717, 1.165) is 19.4 Å². The first-order chi connectivity index (χ1) is 7.03. The van der Waals surface area contributed by atoms with Crippen LogP contribution in [-0.4, -0.2) is 11.7 Å². The summed E-state index contributed by atoms with van der Waals surface area (Å²) in [6.07, 6.45) is 1.99. The van der Waals surface area contributed by atoms with Gasteiger partial charge in [0.1, 0.15) is 11.6 Å². The van der Waals surface area contributed by atoms with Crippen molar-refractivity contribution in [3.05, 3.63) is 29.1 Å². The quantitative estimate of drug-likeness (QED) is 0.744. The third-order valence-corrected chi connectivity index (χ3v) is 3.23. The number of aryl methyl sites for hydroxylation is 1. The zero-order valence-corrected chi connectivity index (χ0v) is 9.10. The zero-order chi connectivity index (χ0) is 11.1. The van der Waals surface area contributed by atoms with E-state index < -0.39 is 0 Å². The molecule has 1 aromatic carbocycles. The Hall–Kier alpha value is -1.09. The summed E-state index contributed by atoms with van der Waals surface area (Å²) in [6.45, 7) is 4.65. The van der Waals surface area contributed by atoms with Gasteiger partial charge in [-0.2, -0.15) is 0 Å². The Morgan fingerprint density at radius 2 is 2.20 bits per heavy atom. The number of hydrogen-bond acceptors (Lipinski definition) is 2. The zero-order valence-electron chi connectivity index (χ0n) is 9.10. The molecular formula is C12H16FNO. The standard InChI is InChI=1S/C12H16FNO/c1-8-6-9(13)7-10(11(8)15)12(2)4-3-5-14-12/h6-7,14-15H,3-5H2,1-2H3. The molecule has 0 amide bonds. The van der Waals surface area contributed by atoms with E-state index in [1.165, 1.54) is 12.1 Å². The van der Waals surface area contributed by atoms with Crippen LogP contribution in [0.2, 0.25) is 0 Å². The fourth-order valence-electron chi connectivity index (χ4n) is 2.28. The lowest BCUT2D eigenvalue weighted by Gasteiger charge is -2.26. The van der Waals surface area contributed by atoms with E-state index in [2.05, 4.69) is 5.32 Å². The summed E-state index contributed by atoms with van der Waals surface area (Å²) in [5, 5.41) is 13.3. The minimum Gasteiger partial charge on any atom is -0.507 e. The van der Waals surface area contributed by atoms with Crippen LogP contribution in [0, 0.1) is 12.7 Å². The van der Waals surface area contributed by atoms with Crippen molar-refractivity contribution in [2.75, 3.05) is 6.54 Å². The van der Waals surface area contributed by atoms with Crippen molar-refractivity contribution in [1.29, 1.82) is 0 Å². The molecule has 1 saturated heterocycles. The molecule has 1 unspecified atom stereocenters. The summed E-state index contributed by atoms with van der Waals surface area (Å²) < 4.78 is 13.3. The molecule has 2 rings (SSSR count). The van der Waals surface area contributed by atoms with Gasteiger partial charge in [-0.1, -0.05) is 0 Å². The lowest BCUT2D eigenvalue weighted by Crippen LogP contribution is -2.33. The van der Waals surface area contributed by atoms with Gasteiger partial charge < -0.3 is 10.4 Å². The molecule has 1 atom stereocenters. The van der Waals surface area contributed by atoms with E-state index >= 15 is 0 Å². The van der Waals surface area contributed by atoms with Crippen molar-refractivity contribution in [3.8, 4) is 5.75 Å². The van der Waals surface area contributed by atoms with Crippen molar-refractivity contribution in [2.24, 2.45) is 0 Å². The lowest BCUT2D eigenvalue weighted by atomic mass is 9.88. The molecule has 1 heterocycles. The molecule has 1 aromatic rings. The fraction of sp³-hybridized carbons (Fsp3) is 0.500. The van der Waals surface area contributed by atoms with Crippen LogP contribution >= 0.6 is 0 Å². The third-order valence-electron chi connectivity index (χ3n) is 3.23. The molecule has 0 aromatic heterocycles. The molecule has 0 bridgehead atoms. The van der Waals surface area contributed by atoms with Crippen molar-refractivity contribution in [3.63, 3.8) is 0 Å². The highest BCUT2D eigenvalue weighted by atomic mass is 19.1. The number of phenols is 1. The van der Waals surface area contributed by atoms with Gasteiger partial charge in [-0.05, 0) is 50.9 Å². The molecule has 0 aliphatic carbocycles. The van der Waals surface area contributed by atoms with Gasteiger partial charge in [-0.15, -0.1) is 0 Å². The normalized spacial score (nSPS) is 25.8. The Morgan fingerprint density at radius 1 is 1.47 bits per heavy atom. The number of aromatic hydroxyl groups is 1. The van der Waals surface area contributed by atoms with E-state index in [4.69, 9.17) is 0 Å². The molecule has 2 nitrogen and oxygen atoms in total. The first-order valence-electron chi connectivity index (χ1n) is 5.27. The molecule has 82 valence electrons. The number of nitrogens with one attached hydrogen (secondary N) is 1. The largest absolute Gasteiger partial charge is 0.507 e. The van der Waals surface area contributed by atoms with Gasteiger partial charge >= 0.3 is 0 Å². The van der Waals surface area contributed by atoms with Gasteiger partial charge in [0.05, 0.1) is 0 Å². The maximum atomic E-state index is 13.3. The van der Waals surface area contributed by atoms with E-state index in [1.54, 1.807) is 6.92 Å². The Bertz CT molecular complexity index is 383. The fourth-order valence-corrected chi connectivity index (χ4v) is 2.28. The van der Waals surface area contributed by atoms with Crippen LogP contribution in [0.3, 0.4) is 0 Å². The molecule has 2 N–H and O–H groups in total. The minimum absolute atomic E-state index is 0.216. The van der Waals surface area contributed by atoms with E-state index in [9.17, 15) is 9.50 Å². The maximum Gasteiger partial charge on any atom is 0.124 e. The average molecular weight is 209 g/mol. The summed E-state index contributed by atoms with van der Waals surface area (Å²) in [5.41, 5.74) is 0.995. The number of phenolic OH excluding ortho intramolecular Hbond substituents is 1. The summed E-state index contributed by atoms with van der Waals surface area (Å²) in [7, 11) is 0. The van der Waals surface area contributed by atoms with Crippen molar-refractivity contribution < 1.29 is 9.50 Å². The van der Waals surface area contributed by atoms with Crippen molar-refractivity contribution in [1.82, 2.24) is 5.32 Å². The number of halogens is 1. The second kappa shape index (κ2) is 3.49. The van der Waals surface area contributed by atoms with Crippen molar-refractivity contribution in [2.45, 2.75) is 32.2 Å². The molecule has 0 radical (unpaired) electrons. The number of hydrogen-bond donors (Lipinski definition) is 2. The molecule has 0 spiro atoms. The highest BCUT2D eigenvalue weighted by molar-refractivity contribution is 5.44. The van der Waals surface area contributed by atoms with Crippen LogP contribution < -0.4 is 5.32 Å². The predicted molar refractivity (Wildman–Crippen MR) is 57.4 cm³/mol. The predicted octanol–water partition coefficient (Wildman–Crippen LogP) is 2.44. The van der Waals surface area contributed by atoms with Crippen LogP contribution in [0.25, 0.3) is 0 Å². The second-order valence-corrected chi connectivity index (χ2v) is 4.48. The van der Waals surface area contributed by atoms with E-state index in [0.29, 0.717) is 11.1 Å². The smallest absolute Gasteiger partial charge is 0.124 e. The topological polar surface area (TPSA) is 32.3 Å². The lowest BCUT2D eigenvalue weighted by molar-refractivity contribution is 0.389. The van der Waals surface area contributed by atoms with Gasteiger partial charge in [0.2, 0.25) is 0 Å². The van der Waals surface area contributed by atoms with E-state index in [-0.39, 0.29) is 17.1 Å². The molecule has 1 aliphatic heterocycles. The van der Waals surface area contributed by atoms with E-state index in [1.807, 2.05) is 6.92 Å². The molecular weight excluding hydrogens is 193 g/mol. The van der Waals surface area contributed by atoms with Gasteiger partial charge in [-0.25, -0.2) is 4.39 Å². The molecule has 1 fully saturated rings. The monoisotopic (exact) mass is 209 g/mol. The Balaban J connectivity index is 2.51. The molecule has 1 aliphatic rings. The van der Waals surface area contributed by atoms with Crippen molar-refractivity contribution >= 4 is 0 Å². The Morgan fingerprint density at radius 3 is 2.80 bits per heavy atom. The Kier molecular flexibility index (Phi) is 2.43. The minimum atomic E-state index is -0.282. The summed E-state index contributed by atoms with van der Waals surface area (Å²) in [6, 6.07) is 2.79. The molecule has 0 saturated carbocycles. The average Bonchev–Trinajstić information content (AvgIpc) is 2.59. The SMILES string of the molecule is Cc1cc(F)cc(C2(C)CCCN2)c1O. The number of rotatable bonds is 1. The first-order valence-corrected chi connectivity index (χ1v) is 5.27. The van der Waals surface area contributed by atoms with Gasteiger partial charge in [-0.3, -0.25) is 0 Å². The Labute approximate surface area is 89.1 Å². The maximum absolute atomic E-state index is 13.3. The first kappa shape index (κ1) is 10.4. The highest BCUT2D eigenvalue weighted by Gasteiger charge is 2.33. The summed E-state index contributed by atoms with van der Waals surface area (Å²) in [4.78, 5) is 0. The van der Waals surface area contributed by atoms with Gasteiger partial charge in [0, 0.05) is 11.1 Å². The second-order valence-electron chi connectivity index (χ2n) is 4.48. The third kappa shape index (κ3) is 1.72. The molecule has 3 heteroatoms. The van der Waals surface area contributed by atoms with Crippen LogP contribution in [0.15, 0.2) is 12.1 Å². The van der Waals surface area contributed by atoms with Crippen LogP contribution in [0.4, 0.5) is 4.39 Å². The highest BCUT2D eigenvalue weighted by Crippen LogP contribution is 2.37. The van der Waals surface area contributed by atoms with Crippen LogP contribution in [0.1, 0.15) is 30.9 Å².